The van der Waals surface area contributed by atoms with Gasteiger partial charge in [-0.2, -0.15) is 0 Å². The minimum Gasteiger partial charge on any atom is -0.354 e. The fraction of sp³-hybridized carbons (Fsp3) is 0. The third-order valence-electron chi connectivity index (χ3n) is 10.9. The predicted molar refractivity (Wildman–Crippen MR) is 202 cm³/mol. The highest BCUT2D eigenvalue weighted by Crippen LogP contribution is 2.43. The summed E-state index contributed by atoms with van der Waals surface area (Å²) in [6, 6.07) is 35.7. The Balaban J connectivity index is 1.08. The number of nitrogens with one attached hydrogen (secondary N) is 2. The van der Waals surface area contributed by atoms with Crippen molar-refractivity contribution in [2.75, 3.05) is 5.32 Å². The lowest BCUT2D eigenvalue weighted by atomic mass is 9.81. The Bertz CT molecular complexity index is 3260. The highest BCUT2D eigenvalue weighted by atomic mass is 16.1. The molecule has 0 radical (unpaired) electrons. The Morgan fingerprint density at radius 2 is 0.885 bits per heavy atom. The van der Waals surface area contributed by atoms with Crippen LogP contribution in [-0.2, 0) is 0 Å². The maximum Gasteiger partial charge on any atom is 0.196 e. The summed E-state index contributed by atoms with van der Waals surface area (Å²) < 4.78 is 0. The van der Waals surface area contributed by atoms with Crippen LogP contribution in [0.4, 0.5) is 11.4 Å². The van der Waals surface area contributed by atoms with Gasteiger partial charge in [0.15, 0.2) is 28.6 Å². The number of aromatic nitrogens is 1. The van der Waals surface area contributed by atoms with Crippen LogP contribution in [0, 0.1) is 0 Å². The number of hydrogen-bond donors (Lipinski definition) is 2. The molecule has 11 rings (SSSR count). The number of rotatable bonds is 2. The van der Waals surface area contributed by atoms with Crippen LogP contribution >= 0.6 is 0 Å². The van der Waals surface area contributed by atoms with Gasteiger partial charge in [-0.1, -0.05) is 91.0 Å². The van der Waals surface area contributed by atoms with Crippen LogP contribution in [0.5, 0.6) is 0 Å². The first-order chi connectivity index (χ1) is 25.4. The first-order valence-corrected chi connectivity index (χ1v) is 16.9. The van der Waals surface area contributed by atoms with Crippen molar-refractivity contribution in [1.29, 1.82) is 0 Å². The quantitative estimate of drug-likeness (QED) is 0.140. The molecule has 1 aromatic heterocycles. The van der Waals surface area contributed by atoms with Crippen LogP contribution in [0.25, 0.3) is 54.1 Å². The van der Waals surface area contributed by atoms with E-state index < -0.39 is 0 Å². The van der Waals surface area contributed by atoms with E-state index in [1.54, 1.807) is 66.7 Å². The Labute approximate surface area is 293 Å². The van der Waals surface area contributed by atoms with Crippen molar-refractivity contribution >= 4 is 88.6 Å². The summed E-state index contributed by atoms with van der Waals surface area (Å²) >= 11 is 0. The summed E-state index contributed by atoms with van der Waals surface area (Å²) in [5.41, 5.74) is 4.12. The fourth-order valence-electron chi connectivity index (χ4n) is 8.57. The molecule has 0 spiro atoms. The molecule has 0 saturated heterocycles. The maximum absolute atomic E-state index is 14.5. The SMILES string of the molecule is O=C1c2ccccc2C(=O)c2c(Nc3cccc4c3C(=O)c3ccc5c([nH]c6ccc7c8ccccc8c(=O)c8ccc5c6c87)c3C4=O)cccc21. The molecule has 8 aromatic carbocycles. The van der Waals surface area contributed by atoms with E-state index in [1.807, 2.05) is 54.6 Å². The number of fused-ring (bicyclic) bond motifs is 9. The Morgan fingerprint density at radius 3 is 1.63 bits per heavy atom. The lowest BCUT2D eigenvalue weighted by Gasteiger charge is -2.24. The molecule has 2 N–H and O–H groups in total. The van der Waals surface area contributed by atoms with Gasteiger partial charge in [0, 0.05) is 60.3 Å². The van der Waals surface area contributed by atoms with E-state index in [0.29, 0.717) is 38.8 Å². The van der Waals surface area contributed by atoms with Crippen molar-refractivity contribution in [3.05, 3.63) is 176 Å². The van der Waals surface area contributed by atoms with Gasteiger partial charge < -0.3 is 10.3 Å². The number of pyridine rings is 1. The van der Waals surface area contributed by atoms with Crippen LogP contribution in [0.3, 0.4) is 0 Å². The van der Waals surface area contributed by atoms with Crippen LogP contribution in [-0.4, -0.2) is 28.1 Å². The molecule has 0 saturated carbocycles. The van der Waals surface area contributed by atoms with Gasteiger partial charge in [0.25, 0.3) is 0 Å². The Hall–Kier alpha value is -7.25. The van der Waals surface area contributed by atoms with E-state index in [1.165, 1.54) is 0 Å². The summed E-state index contributed by atoms with van der Waals surface area (Å²) in [5.74, 6) is -1.20. The van der Waals surface area contributed by atoms with E-state index in [4.69, 9.17) is 0 Å². The molecule has 0 aliphatic heterocycles. The van der Waals surface area contributed by atoms with Gasteiger partial charge in [-0.25, -0.2) is 0 Å². The number of aromatic amines is 1. The third-order valence-corrected chi connectivity index (χ3v) is 10.9. The van der Waals surface area contributed by atoms with Gasteiger partial charge in [-0.3, -0.25) is 24.0 Å². The molecule has 52 heavy (non-hydrogen) atoms. The molecule has 7 heteroatoms. The zero-order chi connectivity index (χ0) is 35.0. The monoisotopic (exact) mass is 670 g/mol. The maximum atomic E-state index is 14.5. The number of carbonyl (C=O) groups is 4. The van der Waals surface area contributed by atoms with Gasteiger partial charge in [0.2, 0.25) is 0 Å². The second-order valence-corrected chi connectivity index (χ2v) is 13.4. The van der Waals surface area contributed by atoms with E-state index in [2.05, 4.69) is 10.3 Å². The summed E-state index contributed by atoms with van der Waals surface area (Å²) in [4.78, 5) is 73.2. The Kier molecular flexibility index (Phi) is 5.45. The topological polar surface area (TPSA) is 113 Å². The normalized spacial score (nSPS) is 13.6. The minimum atomic E-state index is -0.340. The predicted octanol–water partition coefficient (Wildman–Crippen LogP) is 8.87. The zero-order valence-corrected chi connectivity index (χ0v) is 27.1. The van der Waals surface area contributed by atoms with Gasteiger partial charge in [-0.05, 0) is 46.5 Å². The lowest BCUT2D eigenvalue weighted by molar-refractivity contribution is 0.0979. The lowest BCUT2D eigenvalue weighted by Crippen LogP contribution is -2.24. The standard InChI is InChI=1S/C45H22N2O5/c48-41-25-8-2-1-7-21(25)22-19-20-34-36-23(15-17-30(41)35(22)36)24-16-18-31-39(40(24)47-34)45(52)29-12-6-14-33(38(29)44(31)51)46-32-13-5-11-28-37(32)43(50)27-10-4-3-9-26(27)42(28)49/h1-20,46-47H. The second-order valence-electron chi connectivity index (χ2n) is 13.4. The summed E-state index contributed by atoms with van der Waals surface area (Å²) in [6.45, 7) is 0. The van der Waals surface area contributed by atoms with Crippen molar-refractivity contribution in [2.24, 2.45) is 0 Å². The smallest absolute Gasteiger partial charge is 0.196 e. The van der Waals surface area contributed by atoms with Crippen LogP contribution in [0.1, 0.15) is 63.7 Å². The number of benzene rings is 8. The van der Waals surface area contributed by atoms with Gasteiger partial charge in [0.1, 0.15) is 0 Å². The first kappa shape index (κ1) is 28.6. The Morgan fingerprint density at radius 1 is 0.365 bits per heavy atom. The molecule has 2 aliphatic rings. The number of carbonyl (C=O) groups excluding carboxylic acids is 4. The fourth-order valence-corrected chi connectivity index (χ4v) is 8.57. The van der Waals surface area contributed by atoms with Crippen molar-refractivity contribution < 1.29 is 19.2 Å². The van der Waals surface area contributed by atoms with E-state index in [0.717, 1.165) is 37.8 Å². The molecule has 9 aromatic rings. The highest BCUT2D eigenvalue weighted by Gasteiger charge is 2.36. The molecular weight excluding hydrogens is 649 g/mol. The van der Waals surface area contributed by atoms with Crippen molar-refractivity contribution in [2.45, 2.75) is 0 Å². The molecular formula is C45H22N2O5. The molecule has 0 atom stereocenters. The average Bonchev–Trinajstić information content (AvgIpc) is 3.18. The summed E-state index contributed by atoms with van der Waals surface area (Å²) in [7, 11) is 0. The minimum absolute atomic E-state index is 0.0263. The molecule has 0 fully saturated rings. The average molecular weight is 671 g/mol. The van der Waals surface area contributed by atoms with Crippen LogP contribution in [0.2, 0.25) is 0 Å². The molecule has 0 unspecified atom stereocenters. The number of anilines is 2. The molecule has 0 bridgehead atoms. The number of H-pyrrole nitrogens is 1. The number of ketones is 4. The largest absolute Gasteiger partial charge is 0.354 e. The second kappa shape index (κ2) is 9.93. The van der Waals surface area contributed by atoms with Gasteiger partial charge in [-0.15, -0.1) is 0 Å². The van der Waals surface area contributed by atoms with Crippen molar-refractivity contribution in [3.63, 3.8) is 0 Å². The first-order valence-electron chi connectivity index (χ1n) is 16.9. The summed E-state index contributed by atoms with van der Waals surface area (Å²) in [5, 5.41) is 9.82. The molecule has 0 amide bonds. The van der Waals surface area contributed by atoms with Crippen molar-refractivity contribution in [1.82, 2.24) is 4.98 Å². The molecule has 242 valence electrons. The number of hydrogen-bond acceptors (Lipinski definition) is 6. The van der Waals surface area contributed by atoms with E-state index >= 15 is 0 Å². The third kappa shape index (κ3) is 3.51. The van der Waals surface area contributed by atoms with Gasteiger partial charge >= 0.3 is 0 Å². The highest BCUT2D eigenvalue weighted by molar-refractivity contribution is 6.37. The molecule has 2 aliphatic carbocycles. The van der Waals surface area contributed by atoms with E-state index in [-0.39, 0.29) is 61.9 Å². The van der Waals surface area contributed by atoms with Crippen LogP contribution < -0.4 is 10.7 Å². The van der Waals surface area contributed by atoms with Gasteiger partial charge in [0.05, 0.1) is 33.6 Å². The zero-order valence-electron chi connectivity index (χ0n) is 27.1. The summed E-state index contributed by atoms with van der Waals surface area (Å²) in [6.07, 6.45) is 0. The van der Waals surface area contributed by atoms with Crippen LogP contribution in [0.15, 0.2) is 126 Å². The van der Waals surface area contributed by atoms with E-state index in [9.17, 15) is 24.0 Å². The molecule has 7 nitrogen and oxygen atoms in total. The molecule has 1 heterocycles. The van der Waals surface area contributed by atoms with Crippen molar-refractivity contribution in [3.8, 4) is 0 Å².